The van der Waals surface area contributed by atoms with Crippen LogP contribution in [0.25, 0.3) is 11.4 Å². The second-order valence-electron chi connectivity index (χ2n) is 8.20. The molecular formula is C27H19Cl2N3O5. The van der Waals surface area contributed by atoms with Gasteiger partial charge in [0.25, 0.3) is 5.91 Å². The van der Waals surface area contributed by atoms with Crippen molar-refractivity contribution in [3.8, 4) is 28.6 Å². The first-order valence-corrected chi connectivity index (χ1v) is 12.0. The summed E-state index contributed by atoms with van der Waals surface area (Å²) in [7, 11) is 0. The number of amides is 1. The molecule has 0 aliphatic carbocycles. The number of rotatable bonds is 6. The number of carboxylic acid groups (broad SMARTS) is 1. The zero-order chi connectivity index (χ0) is 25.9. The molecule has 186 valence electrons. The minimum absolute atomic E-state index is 0.262. The predicted molar refractivity (Wildman–Crippen MR) is 139 cm³/mol. The maximum atomic E-state index is 12.8. The van der Waals surface area contributed by atoms with Gasteiger partial charge in [0.1, 0.15) is 23.1 Å². The van der Waals surface area contributed by atoms with Gasteiger partial charge in [0, 0.05) is 34.0 Å². The van der Waals surface area contributed by atoms with E-state index in [2.05, 4.69) is 15.3 Å². The molecule has 10 heteroatoms. The smallest absolute Gasteiger partial charge is 0.311 e. The van der Waals surface area contributed by atoms with Gasteiger partial charge in [-0.2, -0.15) is 0 Å². The maximum Gasteiger partial charge on any atom is 0.311 e. The van der Waals surface area contributed by atoms with Gasteiger partial charge in [0.15, 0.2) is 5.82 Å². The van der Waals surface area contributed by atoms with Crippen molar-refractivity contribution in [2.24, 2.45) is 0 Å². The van der Waals surface area contributed by atoms with E-state index in [4.69, 9.17) is 32.7 Å². The van der Waals surface area contributed by atoms with E-state index in [0.717, 1.165) is 5.56 Å². The monoisotopic (exact) mass is 535 g/mol. The summed E-state index contributed by atoms with van der Waals surface area (Å²) < 4.78 is 11.5. The van der Waals surface area contributed by atoms with Crippen molar-refractivity contribution in [1.82, 2.24) is 9.97 Å². The number of aliphatic carboxylic acids is 1. The molecule has 1 unspecified atom stereocenters. The number of hydrogen-bond acceptors (Lipinski definition) is 6. The Labute approximate surface area is 221 Å². The van der Waals surface area contributed by atoms with Gasteiger partial charge < -0.3 is 19.9 Å². The lowest BCUT2D eigenvalue weighted by molar-refractivity contribution is -0.139. The molecule has 0 saturated carbocycles. The van der Waals surface area contributed by atoms with Crippen molar-refractivity contribution >= 4 is 40.9 Å². The number of fused-ring (bicyclic) bond motifs is 1. The highest BCUT2D eigenvalue weighted by atomic mass is 35.5. The standard InChI is InChI=1S/C27H19Cl2N3O5/c28-17-5-1-15(2-6-17)25-30-11-9-24(31-25)32-26(33)16-3-7-18(8-4-16)37-23-14-22-20(13-21(23)29)19(27(34)35)10-12-36-22/h1-9,11,13-14,19H,10,12H2,(H,34,35)(H,30,31,32,33). The van der Waals surface area contributed by atoms with Gasteiger partial charge in [-0.15, -0.1) is 0 Å². The van der Waals surface area contributed by atoms with Crippen LogP contribution >= 0.6 is 23.2 Å². The van der Waals surface area contributed by atoms with Crippen LogP contribution in [-0.2, 0) is 4.79 Å². The fourth-order valence-corrected chi connectivity index (χ4v) is 4.22. The Morgan fingerprint density at radius 2 is 1.78 bits per heavy atom. The number of nitrogens with zero attached hydrogens (tertiary/aromatic N) is 2. The number of aromatic nitrogens is 2. The summed E-state index contributed by atoms with van der Waals surface area (Å²) in [4.78, 5) is 32.9. The third-order valence-electron chi connectivity index (χ3n) is 5.75. The largest absolute Gasteiger partial charge is 0.493 e. The average molecular weight is 536 g/mol. The molecule has 1 aromatic heterocycles. The highest BCUT2D eigenvalue weighted by Gasteiger charge is 2.29. The van der Waals surface area contributed by atoms with Crippen LogP contribution in [0.5, 0.6) is 17.2 Å². The molecule has 3 aromatic carbocycles. The van der Waals surface area contributed by atoms with E-state index in [1.165, 1.54) is 0 Å². The Balaban J connectivity index is 1.28. The van der Waals surface area contributed by atoms with E-state index in [1.54, 1.807) is 72.9 Å². The molecular weight excluding hydrogens is 517 g/mol. The molecule has 1 aliphatic heterocycles. The molecule has 37 heavy (non-hydrogen) atoms. The molecule has 2 N–H and O–H groups in total. The summed E-state index contributed by atoms with van der Waals surface area (Å²) in [6.45, 7) is 0.294. The first-order chi connectivity index (χ1) is 17.9. The molecule has 1 amide bonds. The SMILES string of the molecule is O=C(Nc1ccnc(-c2ccc(Cl)cc2)n1)c1ccc(Oc2cc3c(cc2Cl)C(C(=O)O)CCO3)cc1. The van der Waals surface area contributed by atoms with Crippen molar-refractivity contribution < 1.29 is 24.2 Å². The van der Waals surface area contributed by atoms with Crippen LogP contribution in [0.4, 0.5) is 5.82 Å². The lowest BCUT2D eigenvalue weighted by atomic mass is 9.93. The molecule has 5 rings (SSSR count). The van der Waals surface area contributed by atoms with E-state index in [-0.39, 0.29) is 10.9 Å². The number of carbonyl (C=O) groups excluding carboxylic acids is 1. The predicted octanol–water partition coefficient (Wildman–Crippen LogP) is 6.45. The van der Waals surface area contributed by atoms with Gasteiger partial charge in [-0.25, -0.2) is 9.97 Å². The van der Waals surface area contributed by atoms with Crippen LogP contribution in [0, 0.1) is 0 Å². The first-order valence-electron chi connectivity index (χ1n) is 11.2. The minimum Gasteiger partial charge on any atom is -0.493 e. The Morgan fingerprint density at radius 1 is 1.03 bits per heavy atom. The van der Waals surface area contributed by atoms with E-state index in [0.29, 0.717) is 58.1 Å². The van der Waals surface area contributed by atoms with Crippen LogP contribution in [0.15, 0.2) is 72.9 Å². The lowest BCUT2D eigenvalue weighted by Crippen LogP contribution is -2.20. The summed E-state index contributed by atoms with van der Waals surface area (Å²) >= 11 is 12.3. The molecule has 1 atom stereocenters. The lowest BCUT2D eigenvalue weighted by Gasteiger charge is -2.24. The maximum absolute atomic E-state index is 12.8. The Hall–Kier alpha value is -4.14. The van der Waals surface area contributed by atoms with E-state index >= 15 is 0 Å². The molecule has 1 aliphatic rings. The van der Waals surface area contributed by atoms with E-state index < -0.39 is 11.9 Å². The number of anilines is 1. The van der Waals surface area contributed by atoms with E-state index in [9.17, 15) is 14.7 Å². The quantitative estimate of drug-likeness (QED) is 0.292. The molecule has 0 fully saturated rings. The highest BCUT2D eigenvalue weighted by Crippen LogP contribution is 2.41. The second kappa shape index (κ2) is 10.5. The average Bonchev–Trinajstić information content (AvgIpc) is 2.89. The zero-order valence-electron chi connectivity index (χ0n) is 19.2. The van der Waals surface area contributed by atoms with Crippen LogP contribution in [0.2, 0.25) is 10.0 Å². The Bertz CT molecular complexity index is 1480. The minimum atomic E-state index is -0.925. The fourth-order valence-electron chi connectivity index (χ4n) is 3.88. The summed E-state index contributed by atoms with van der Waals surface area (Å²) in [5.74, 6) is 0.0423. The van der Waals surface area contributed by atoms with E-state index in [1.807, 2.05) is 0 Å². The number of carbonyl (C=O) groups is 2. The molecule has 8 nitrogen and oxygen atoms in total. The summed E-state index contributed by atoms with van der Waals surface area (Å²) in [5.41, 5.74) is 1.68. The summed E-state index contributed by atoms with van der Waals surface area (Å²) in [6.07, 6.45) is 1.94. The van der Waals surface area contributed by atoms with Gasteiger partial charge in [-0.05, 0) is 67.1 Å². The normalized spacial score (nSPS) is 14.3. The molecule has 0 saturated heterocycles. The third kappa shape index (κ3) is 5.50. The van der Waals surface area contributed by atoms with Crippen molar-refractivity contribution in [1.29, 1.82) is 0 Å². The van der Waals surface area contributed by atoms with Gasteiger partial charge >= 0.3 is 5.97 Å². The Morgan fingerprint density at radius 3 is 2.51 bits per heavy atom. The van der Waals surface area contributed by atoms with Crippen LogP contribution < -0.4 is 14.8 Å². The van der Waals surface area contributed by atoms with Crippen molar-refractivity contribution in [3.63, 3.8) is 0 Å². The number of ether oxygens (including phenoxy) is 2. The Kier molecular flexibility index (Phi) is 6.94. The molecule has 0 radical (unpaired) electrons. The highest BCUT2D eigenvalue weighted by molar-refractivity contribution is 6.32. The van der Waals surface area contributed by atoms with Gasteiger partial charge in [-0.1, -0.05) is 23.2 Å². The number of halogens is 2. The van der Waals surface area contributed by atoms with Crippen LogP contribution in [-0.4, -0.2) is 33.6 Å². The van der Waals surface area contributed by atoms with Crippen LogP contribution in [0.3, 0.4) is 0 Å². The number of nitrogens with one attached hydrogen (secondary N) is 1. The number of benzene rings is 3. The molecule has 2 heterocycles. The van der Waals surface area contributed by atoms with Gasteiger partial charge in [0.2, 0.25) is 0 Å². The third-order valence-corrected chi connectivity index (χ3v) is 6.29. The first kappa shape index (κ1) is 24.5. The summed E-state index contributed by atoms with van der Waals surface area (Å²) in [6, 6.07) is 18.3. The molecule has 4 aromatic rings. The van der Waals surface area contributed by atoms with Gasteiger partial charge in [-0.3, -0.25) is 9.59 Å². The van der Waals surface area contributed by atoms with Crippen molar-refractivity contribution in [2.45, 2.75) is 12.3 Å². The molecule has 0 spiro atoms. The topological polar surface area (TPSA) is 111 Å². The summed E-state index contributed by atoms with van der Waals surface area (Å²) in [5, 5.41) is 13.1. The number of hydrogen-bond donors (Lipinski definition) is 2. The van der Waals surface area contributed by atoms with Crippen molar-refractivity contribution in [2.75, 3.05) is 11.9 Å². The van der Waals surface area contributed by atoms with Gasteiger partial charge in [0.05, 0.1) is 17.5 Å². The molecule has 0 bridgehead atoms. The van der Waals surface area contributed by atoms with Crippen molar-refractivity contribution in [3.05, 3.63) is 94.1 Å². The van der Waals surface area contributed by atoms with Crippen LogP contribution in [0.1, 0.15) is 28.3 Å². The zero-order valence-corrected chi connectivity index (χ0v) is 20.7. The second-order valence-corrected chi connectivity index (χ2v) is 9.04. The fraction of sp³-hybridized carbons (Fsp3) is 0.111. The number of carboxylic acids is 1.